The van der Waals surface area contributed by atoms with Gasteiger partial charge < -0.3 is 20.5 Å². The van der Waals surface area contributed by atoms with Gasteiger partial charge in [-0.15, -0.1) is 0 Å². The van der Waals surface area contributed by atoms with Crippen LogP contribution in [0.15, 0.2) is 24.5 Å². The van der Waals surface area contributed by atoms with Crippen LogP contribution in [0, 0.1) is 0 Å². The second-order valence-electron chi connectivity index (χ2n) is 4.42. The third-order valence-corrected chi connectivity index (χ3v) is 2.99. The number of aromatic nitrogens is 2. The highest BCUT2D eigenvalue weighted by Gasteiger charge is 2.20. The molecule has 4 N–H and O–H groups in total. The number of nitrogens with one attached hydrogen (secondary N) is 2. The van der Waals surface area contributed by atoms with E-state index in [1.807, 2.05) is 0 Å². The second kappa shape index (κ2) is 5.81. The molecule has 2 atom stereocenters. The maximum Gasteiger partial charge on any atom is 0.216 e. The minimum Gasteiger partial charge on any atom is -0.390 e. The standard InChI is InChI=1S/C13H17N3O3/c1-8(17)14-7-4-11(18)12(19)9-2-5-15-13-10(9)3-6-16-13/h2-3,5-6,11-12,18-19H,4,7H2,1H3,(H,14,17)(H,15,16). The molecule has 2 aromatic heterocycles. The summed E-state index contributed by atoms with van der Waals surface area (Å²) in [5, 5.41) is 23.5. The van der Waals surface area contributed by atoms with Gasteiger partial charge in [-0.05, 0) is 24.1 Å². The van der Waals surface area contributed by atoms with Gasteiger partial charge in [-0.1, -0.05) is 0 Å². The van der Waals surface area contributed by atoms with Crippen LogP contribution >= 0.6 is 0 Å². The number of hydrogen-bond donors (Lipinski definition) is 4. The highest BCUT2D eigenvalue weighted by Crippen LogP contribution is 2.25. The number of aliphatic hydroxyl groups excluding tert-OH is 2. The number of aromatic amines is 1. The van der Waals surface area contributed by atoms with E-state index in [-0.39, 0.29) is 12.3 Å². The highest BCUT2D eigenvalue weighted by molar-refractivity contribution is 5.79. The molecule has 2 unspecified atom stereocenters. The number of rotatable bonds is 5. The van der Waals surface area contributed by atoms with Gasteiger partial charge in [0.2, 0.25) is 5.91 Å². The summed E-state index contributed by atoms with van der Waals surface area (Å²) in [5.74, 6) is -0.154. The lowest BCUT2D eigenvalue weighted by Gasteiger charge is -2.18. The molecule has 0 aromatic carbocycles. The van der Waals surface area contributed by atoms with Gasteiger partial charge in [0.25, 0.3) is 0 Å². The molecule has 0 bridgehead atoms. The minimum absolute atomic E-state index is 0.154. The number of carbonyl (C=O) groups excluding carboxylic acids is 1. The van der Waals surface area contributed by atoms with E-state index in [2.05, 4.69) is 15.3 Å². The number of amides is 1. The zero-order valence-corrected chi connectivity index (χ0v) is 10.6. The number of H-pyrrole nitrogens is 1. The summed E-state index contributed by atoms with van der Waals surface area (Å²) in [5.41, 5.74) is 1.30. The average Bonchev–Trinajstić information content (AvgIpc) is 2.85. The van der Waals surface area contributed by atoms with Gasteiger partial charge in [0.05, 0.1) is 6.10 Å². The summed E-state index contributed by atoms with van der Waals surface area (Å²) in [6, 6.07) is 3.49. The lowest BCUT2D eigenvalue weighted by atomic mass is 10.0. The molecule has 0 spiro atoms. The Morgan fingerprint density at radius 2 is 2.26 bits per heavy atom. The molecule has 0 aliphatic carbocycles. The fourth-order valence-corrected chi connectivity index (χ4v) is 2.00. The molecule has 0 saturated carbocycles. The Bertz CT molecular complexity index is 567. The first-order valence-electron chi connectivity index (χ1n) is 6.12. The first kappa shape index (κ1) is 13.5. The summed E-state index contributed by atoms with van der Waals surface area (Å²) >= 11 is 0. The maximum absolute atomic E-state index is 10.7. The summed E-state index contributed by atoms with van der Waals surface area (Å²) in [4.78, 5) is 17.8. The van der Waals surface area contributed by atoms with Crippen LogP contribution in [-0.4, -0.2) is 38.7 Å². The molecular weight excluding hydrogens is 246 g/mol. The zero-order valence-electron chi connectivity index (χ0n) is 10.6. The molecule has 2 heterocycles. The van der Waals surface area contributed by atoms with Crippen LogP contribution in [0.4, 0.5) is 0 Å². The minimum atomic E-state index is -1.00. The Morgan fingerprint density at radius 3 is 3.00 bits per heavy atom. The average molecular weight is 263 g/mol. The summed E-state index contributed by atoms with van der Waals surface area (Å²) in [6.07, 6.45) is 1.66. The Kier molecular flexibility index (Phi) is 4.13. The topological polar surface area (TPSA) is 98.2 Å². The van der Waals surface area contributed by atoms with Gasteiger partial charge in [-0.25, -0.2) is 4.98 Å². The van der Waals surface area contributed by atoms with E-state index in [1.165, 1.54) is 6.92 Å². The molecule has 0 saturated heterocycles. The van der Waals surface area contributed by atoms with Crippen LogP contribution in [0.5, 0.6) is 0 Å². The molecule has 0 radical (unpaired) electrons. The normalized spacial score (nSPS) is 14.3. The van der Waals surface area contributed by atoms with Crippen molar-refractivity contribution in [3.63, 3.8) is 0 Å². The number of hydrogen-bond acceptors (Lipinski definition) is 4. The van der Waals surface area contributed by atoms with E-state index in [4.69, 9.17) is 0 Å². The molecule has 2 rings (SSSR count). The molecule has 0 aliphatic heterocycles. The Morgan fingerprint density at radius 1 is 1.47 bits per heavy atom. The van der Waals surface area contributed by atoms with E-state index in [0.29, 0.717) is 17.8 Å². The first-order valence-corrected chi connectivity index (χ1v) is 6.12. The third-order valence-electron chi connectivity index (χ3n) is 2.99. The van der Waals surface area contributed by atoms with Crippen molar-refractivity contribution in [2.24, 2.45) is 0 Å². The molecule has 19 heavy (non-hydrogen) atoms. The quantitative estimate of drug-likeness (QED) is 0.630. The first-order chi connectivity index (χ1) is 9.09. The van der Waals surface area contributed by atoms with Crippen molar-refractivity contribution in [1.82, 2.24) is 15.3 Å². The van der Waals surface area contributed by atoms with E-state index >= 15 is 0 Å². The third kappa shape index (κ3) is 3.10. The van der Waals surface area contributed by atoms with Crippen LogP contribution in [0.2, 0.25) is 0 Å². The van der Waals surface area contributed by atoms with Crippen molar-refractivity contribution in [3.05, 3.63) is 30.1 Å². The van der Waals surface area contributed by atoms with Crippen LogP contribution in [0.3, 0.4) is 0 Å². The van der Waals surface area contributed by atoms with Gasteiger partial charge in [-0.2, -0.15) is 0 Å². The van der Waals surface area contributed by atoms with Crippen molar-refractivity contribution < 1.29 is 15.0 Å². The largest absolute Gasteiger partial charge is 0.390 e. The monoisotopic (exact) mass is 263 g/mol. The molecule has 2 aromatic rings. The van der Waals surface area contributed by atoms with E-state index < -0.39 is 12.2 Å². The van der Waals surface area contributed by atoms with Crippen molar-refractivity contribution >= 4 is 16.9 Å². The lowest BCUT2D eigenvalue weighted by Crippen LogP contribution is -2.27. The molecule has 6 nitrogen and oxygen atoms in total. The predicted molar refractivity (Wildman–Crippen MR) is 70.4 cm³/mol. The van der Waals surface area contributed by atoms with Crippen LogP contribution in [0.25, 0.3) is 11.0 Å². The Hall–Kier alpha value is -1.92. The molecule has 1 amide bonds. The second-order valence-corrected chi connectivity index (χ2v) is 4.42. The molecule has 0 aliphatic rings. The van der Waals surface area contributed by atoms with Gasteiger partial charge >= 0.3 is 0 Å². The fourth-order valence-electron chi connectivity index (χ4n) is 2.00. The maximum atomic E-state index is 10.7. The van der Waals surface area contributed by atoms with Gasteiger partial charge in [0.15, 0.2) is 0 Å². The van der Waals surface area contributed by atoms with E-state index in [0.717, 1.165) is 5.39 Å². The van der Waals surface area contributed by atoms with Crippen LogP contribution in [-0.2, 0) is 4.79 Å². The molecular formula is C13H17N3O3. The van der Waals surface area contributed by atoms with Gasteiger partial charge in [0, 0.05) is 31.2 Å². The van der Waals surface area contributed by atoms with Gasteiger partial charge in [0.1, 0.15) is 11.8 Å². The Balaban J connectivity index is 2.08. The molecule has 0 fully saturated rings. The van der Waals surface area contributed by atoms with Crippen molar-refractivity contribution in [2.45, 2.75) is 25.6 Å². The van der Waals surface area contributed by atoms with Crippen molar-refractivity contribution in [3.8, 4) is 0 Å². The molecule has 102 valence electrons. The number of carbonyl (C=O) groups is 1. The summed E-state index contributed by atoms with van der Waals surface area (Å²) in [7, 11) is 0. The number of nitrogens with zero attached hydrogens (tertiary/aromatic N) is 1. The predicted octanol–water partition coefficient (Wildman–Crippen LogP) is 0.483. The highest BCUT2D eigenvalue weighted by atomic mass is 16.3. The zero-order chi connectivity index (χ0) is 13.8. The van der Waals surface area contributed by atoms with E-state index in [9.17, 15) is 15.0 Å². The van der Waals surface area contributed by atoms with Crippen LogP contribution < -0.4 is 5.32 Å². The fraction of sp³-hybridized carbons (Fsp3) is 0.385. The summed E-state index contributed by atoms with van der Waals surface area (Å²) in [6.45, 7) is 1.74. The number of pyridine rings is 1. The SMILES string of the molecule is CC(=O)NCCC(O)C(O)c1ccnc2[nH]ccc12. The van der Waals surface area contributed by atoms with Crippen molar-refractivity contribution in [2.75, 3.05) is 6.54 Å². The lowest BCUT2D eigenvalue weighted by molar-refractivity contribution is -0.119. The van der Waals surface area contributed by atoms with Crippen LogP contribution in [0.1, 0.15) is 25.0 Å². The number of fused-ring (bicyclic) bond motifs is 1. The molecule has 6 heteroatoms. The summed E-state index contributed by atoms with van der Waals surface area (Å²) < 4.78 is 0. The van der Waals surface area contributed by atoms with Crippen molar-refractivity contribution in [1.29, 1.82) is 0 Å². The smallest absolute Gasteiger partial charge is 0.216 e. The van der Waals surface area contributed by atoms with Gasteiger partial charge in [-0.3, -0.25) is 4.79 Å². The van der Waals surface area contributed by atoms with E-state index in [1.54, 1.807) is 24.5 Å². The number of aliphatic hydroxyl groups is 2. The Labute approximate surface area is 110 Å².